The van der Waals surface area contributed by atoms with Crippen molar-refractivity contribution >= 4 is 11.6 Å². The highest BCUT2D eigenvalue weighted by Crippen LogP contribution is 2.45. The number of likely N-dealkylation sites (N-methyl/N-ethyl adjacent to an activating group) is 1. The van der Waals surface area contributed by atoms with Crippen molar-refractivity contribution in [3.05, 3.63) is 23.8 Å². The number of rotatable bonds is 2. The molecule has 1 fully saturated rings. The monoisotopic (exact) mass is 260 g/mol. The third-order valence-corrected chi connectivity index (χ3v) is 4.62. The maximum Gasteiger partial charge on any atom is 0.267 e. The van der Waals surface area contributed by atoms with Gasteiger partial charge in [-0.05, 0) is 37.5 Å². The maximum absolute atomic E-state index is 12.0. The third kappa shape index (κ3) is 1.74. The number of nitrogens with zero attached hydrogens (tertiary/aromatic N) is 1. The van der Waals surface area contributed by atoms with Gasteiger partial charge in [-0.1, -0.05) is 12.5 Å². The Morgan fingerprint density at radius 3 is 2.79 bits per heavy atom. The van der Waals surface area contributed by atoms with Crippen molar-refractivity contribution < 1.29 is 9.53 Å². The fourth-order valence-electron chi connectivity index (χ4n) is 3.06. The van der Waals surface area contributed by atoms with Gasteiger partial charge in [0, 0.05) is 19.0 Å². The summed E-state index contributed by atoms with van der Waals surface area (Å²) in [5.74, 6) is 0.782. The van der Waals surface area contributed by atoms with Crippen LogP contribution in [0, 0.1) is 0 Å². The van der Waals surface area contributed by atoms with E-state index in [2.05, 4.69) is 12.1 Å². The Kier molecular flexibility index (Phi) is 2.78. The molecule has 0 bridgehead atoms. The minimum absolute atomic E-state index is 0.0000536. The highest BCUT2D eigenvalue weighted by atomic mass is 16.5. The molecule has 1 atom stereocenters. The van der Waals surface area contributed by atoms with E-state index in [0.29, 0.717) is 6.54 Å². The van der Waals surface area contributed by atoms with Crippen molar-refractivity contribution in [3.63, 3.8) is 0 Å². The standard InChI is InChI=1S/C15H20N2O2/c1-10-14(18)17(2)12-8-11(4-5-13(12)19-10)15(9-16)6-3-7-15/h4-5,8,10H,3,6-7,9,16H2,1-2H3. The maximum atomic E-state index is 12.0. The summed E-state index contributed by atoms with van der Waals surface area (Å²) in [5.41, 5.74) is 8.16. The Morgan fingerprint density at radius 1 is 1.47 bits per heavy atom. The number of carbonyl (C=O) groups is 1. The zero-order chi connectivity index (χ0) is 13.6. The van der Waals surface area contributed by atoms with Crippen molar-refractivity contribution in [2.45, 2.75) is 37.7 Å². The summed E-state index contributed by atoms with van der Waals surface area (Å²) in [6.45, 7) is 2.45. The second kappa shape index (κ2) is 4.23. The van der Waals surface area contributed by atoms with Crippen LogP contribution in [0.5, 0.6) is 5.75 Å². The van der Waals surface area contributed by atoms with E-state index in [0.717, 1.165) is 24.3 Å². The van der Waals surface area contributed by atoms with Crippen LogP contribution in [0.3, 0.4) is 0 Å². The summed E-state index contributed by atoms with van der Waals surface area (Å²) in [6, 6.07) is 6.15. The van der Waals surface area contributed by atoms with Crippen molar-refractivity contribution in [1.29, 1.82) is 0 Å². The van der Waals surface area contributed by atoms with Crippen molar-refractivity contribution in [2.24, 2.45) is 5.73 Å². The van der Waals surface area contributed by atoms with Gasteiger partial charge in [0.15, 0.2) is 6.10 Å². The predicted octanol–water partition coefficient (Wildman–Crippen LogP) is 1.81. The van der Waals surface area contributed by atoms with Crippen LogP contribution >= 0.6 is 0 Å². The first-order valence-corrected chi connectivity index (χ1v) is 6.86. The summed E-state index contributed by atoms with van der Waals surface area (Å²) >= 11 is 0. The molecule has 4 heteroatoms. The lowest BCUT2D eigenvalue weighted by Crippen LogP contribution is -2.44. The molecule has 2 N–H and O–H groups in total. The summed E-state index contributed by atoms with van der Waals surface area (Å²) in [6.07, 6.45) is 3.10. The fraction of sp³-hybridized carbons (Fsp3) is 0.533. The first kappa shape index (κ1) is 12.5. The molecule has 1 unspecified atom stereocenters. The highest BCUT2D eigenvalue weighted by molar-refractivity contribution is 5.99. The van der Waals surface area contributed by atoms with Gasteiger partial charge in [-0.2, -0.15) is 0 Å². The Bertz CT molecular complexity index is 517. The first-order chi connectivity index (χ1) is 9.07. The number of amides is 1. The zero-order valence-corrected chi connectivity index (χ0v) is 11.5. The number of fused-ring (bicyclic) bond motifs is 1. The van der Waals surface area contributed by atoms with Gasteiger partial charge in [0.1, 0.15) is 5.75 Å². The van der Waals surface area contributed by atoms with E-state index in [1.807, 2.05) is 6.07 Å². The molecule has 1 aliphatic carbocycles. The van der Waals surface area contributed by atoms with Gasteiger partial charge in [-0.15, -0.1) is 0 Å². The van der Waals surface area contributed by atoms with Crippen molar-refractivity contribution in [3.8, 4) is 5.75 Å². The van der Waals surface area contributed by atoms with Gasteiger partial charge in [0.25, 0.3) is 5.91 Å². The number of benzene rings is 1. The highest BCUT2D eigenvalue weighted by Gasteiger charge is 2.38. The van der Waals surface area contributed by atoms with E-state index in [4.69, 9.17) is 10.5 Å². The topological polar surface area (TPSA) is 55.6 Å². The van der Waals surface area contributed by atoms with Crippen LogP contribution in [-0.2, 0) is 10.2 Å². The van der Waals surface area contributed by atoms with E-state index < -0.39 is 6.10 Å². The van der Waals surface area contributed by atoms with Crippen LogP contribution in [0.25, 0.3) is 0 Å². The summed E-state index contributed by atoms with van der Waals surface area (Å²) < 4.78 is 5.64. The van der Waals surface area contributed by atoms with Crippen LogP contribution in [0.4, 0.5) is 5.69 Å². The molecule has 1 aliphatic heterocycles. The molecule has 1 heterocycles. The van der Waals surface area contributed by atoms with Crippen LogP contribution in [-0.4, -0.2) is 25.6 Å². The first-order valence-electron chi connectivity index (χ1n) is 6.86. The lowest BCUT2D eigenvalue weighted by Gasteiger charge is -2.42. The van der Waals surface area contributed by atoms with E-state index in [-0.39, 0.29) is 11.3 Å². The lowest BCUT2D eigenvalue weighted by molar-refractivity contribution is -0.125. The van der Waals surface area contributed by atoms with Gasteiger partial charge >= 0.3 is 0 Å². The molecule has 1 saturated carbocycles. The number of ether oxygens (including phenoxy) is 1. The van der Waals surface area contributed by atoms with Crippen molar-refractivity contribution in [1.82, 2.24) is 0 Å². The van der Waals surface area contributed by atoms with E-state index >= 15 is 0 Å². The largest absolute Gasteiger partial charge is 0.479 e. The summed E-state index contributed by atoms with van der Waals surface area (Å²) in [5, 5.41) is 0. The fourth-order valence-corrected chi connectivity index (χ4v) is 3.06. The molecule has 0 radical (unpaired) electrons. The average molecular weight is 260 g/mol. The van der Waals surface area contributed by atoms with Gasteiger partial charge in [0.2, 0.25) is 0 Å². The molecule has 1 aromatic rings. The predicted molar refractivity (Wildman–Crippen MR) is 74.5 cm³/mol. The summed E-state index contributed by atoms with van der Waals surface area (Å²) in [4.78, 5) is 13.7. The molecule has 0 aromatic heterocycles. The molecule has 0 spiro atoms. The van der Waals surface area contributed by atoms with Crippen LogP contribution in [0.2, 0.25) is 0 Å². The number of nitrogens with two attached hydrogens (primary N) is 1. The number of hydrogen-bond donors (Lipinski definition) is 1. The molecular formula is C15H20N2O2. The zero-order valence-electron chi connectivity index (χ0n) is 11.5. The van der Waals surface area contributed by atoms with Crippen LogP contribution in [0.1, 0.15) is 31.7 Å². The van der Waals surface area contributed by atoms with Gasteiger partial charge in [0.05, 0.1) is 5.69 Å². The van der Waals surface area contributed by atoms with E-state index in [1.54, 1.807) is 18.9 Å². The van der Waals surface area contributed by atoms with Crippen LogP contribution in [0.15, 0.2) is 18.2 Å². The van der Waals surface area contributed by atoms with Crippen LogP contribution < -0.4 is 15.4 Å². The molecule has 3 rings (SSSR count). The molecule has 19 heavy (non-hydrogen) atoms. The second-order valence-electron chi connectivity index (χ2n) is 5.68. The molecule has 1 amide bonds. The Hall–Kier alpha value is -1.55. The quantitative estimate of drug-likeness (QED) is 0.882. The van der Waals surface area contributed by atoms with Gasteiger partial charge in [-0.25, -0.2) is 0 Å². The molecule has 0 saturated heterocycles. The number of carbonyl (C=O) groups excluding carboxylic acids is 1. The molecule has 2 aliphatic rings. The minimum atomic E-state index is -0.407. The SMILES string of the molecule is CC1Oc2ccc(C3(CN)CCC3)cc2N(C)C1=O. The Balaban J connectivity index is 2.02. The number of hydrogen-bond acceptors (Lipinski definition) is 3. The van der Waals surface area contributed by atoms with Gasteiger partial charge < -0.3 is 15.4 Å². The normalized spacial score (nSPS) is 24.5. The molecule has 1 aromatic carbocycles. The smallest absolute Gasteiger partial charge is 0.267 e. The Morgan fingerprint density at radius 2 is 2.21 bits per heavy atom. The molecule has 102 valence electrons. The van der Waals surface area contributed by atoms with Crippen molar-refractivity contribution in [2.75, 3.05) is 18.5 Å². The molecule has 4 nitrogen and oxygen atoms in total. The van der Waals surface area contributed by atoms with E-state index in [9.17, 15) is 4.79 Å². The lowest BCUT2D eigenvalue weighted by atomic mass is 9.64. The average Bonchev–Trinajstić information content (AvgIpc) is 2.36. The van der Waals surface area contributed by atoms with E-state index in [1.165, 1.54) is 12.0 Å². The van der Waals surface area contributed by atoms with Gasteiger partial charge in [-0.3, -0.25) is 4.79 Å². The summed E-state index contributed by atoms with van der Waals surface area (Å²) in [7, 11) is 1.81. The molecular weight excluding hydrogens is 240 g/mol. The minimum Gasteiger partial charge on any atom is -0.479 e. The second-order valence-corrected chi connectivity index (χ2v) is 5.68. The third-order valence-electron chi connectivity index (χ3n) is 4.62. The Labute approximate surface area is 113 Å². The number of anilines is 1.